The average molecular weight is 184 g/mol. The van der Waals surface area contributed by atoms with E-state index >= 15 is 0 Å². The van der Waals surface area contributed by atoms with Gasteiger partial charge in [0.05, 0.1) is 12.7 Å². The van der Waals surface area contributed by atoms with E-state index in [9.17, 15) is 8.78 Å². The van der Waals surface area contributed by atoms with Gasteiger partial charge in [0, 0.05) is 6.07 Å². The topological polar surface area (TPSA) is 45.9 Å². The lowest BCUT2D eigenvalue weighted by atomic mass is 10.2. The van der Waals surface area contributed by atoms with E-state index in [4.69, 9.17) is 5.26 Å². The molecular formula is C8H6F2N2O. The average Bonchev–Trinajstić information content (AvgIpc) is 2.16. The third-order valence-corrected chi connectivity index (χ3v) is 1.44. The Morgan fingerprint density at radius 2 is 2.23 bits per heavy atom. The molecule has 0 fully saturated rings. The van der Waals surface area contributed by atoms with E-state index in [-0.39, 0.29) is 11.4 Å². The van der Waals surface area contributed by atoms with Crippen LogP contribution in [0.5, 0.6) is 5.88 Å². The number of alkyl halides is 2. The molecule has 0 saturated heterocycles. The van der Waals surface area contributed by atoms with Crippen LogP contribution in [0.3, 0.4) is 0 Å². The minimum atomic E-state index is -2.76. The molecule has 0 amide bonds. The van der Waals surface area contributed by atoms with Crippen LogP contribution in [0.15, 0.2) is 12.1 Å². The molecule has 68 valence electrons. The maximum atomic E-state index is 12.3. The molecule has 0 saturated carbocycles. The monoisotopic (exact) mass is 184 g/mol. The molecule has 1 rings (SSSR count). The summed E-state index contributed by atoms with van der Waals surface area (Å²) in [5.41, 5.74) is -0.669. The van der Waals surface area contributed by atoms with E-state index in [1.807, 2.05) is 0 Å². The van der Waals surface area contributed by atoms with Crippen LogP contribution in [0.2, 0.25) is 0 Å². The summed E-state index contributed by atoms with van der Waals surface area (Å²) in [4.78, 5) is 3.47. The second-order valence-corrected chi connectivity index (χ2v) is 2.20. The first-order valence-electron chi connectivity index (χ1n) is 3.42. The molecule has 13 heavy (non-hydrogen) atoms. The molecule has 3 nitrogen and oxygen atoms in total. The van der Waals surface area contributed by atoms with Gasteiger partial charge in [-0.3, -0.25) is 0 Å². The van der Waals surface area contributed by atoms with Crippen molar-refractivity contribution in [2.45, 2.75) is 6.43 Å². The van der Waals surface area contributed by atoms with Crippen LogP contribution in [-0.2, 0) is 0 Å². The molecular weight excluding hydrogens is 178 g/mol. The second kappa shape index (κ2) is 3.81. The van der Waals surface area contributed by atoms with Crippen molar-refractivity contribution < 1.29 is 13.5 Å². The Kier molecular flexibility index (Phi) is 2.75. The SMILES string of the molecule is COc1ccc(C#N)c(C(F)F)n1. The Morgan fingerprint density at radius 1 is 1.54 bits per heavy atom. The van der Waals surface area contributed by atoms with Crippen LogP contribution in [0.25, 0.3) is 0 Å². The van der Waals surface area contributed by atoms with Gasteiger partial charge in [-0.1, -0.05) is 0 Å². The lowest BCUT2D eigenvalue weighted by molar-refractivity contribution is 0.144. The van der Waals surface area contributed by atoms with E-state index in [2.05, 4.69) is 9.72 Å². The molecule has 1 aromatic rings. The van der Waals surface area contributed by atoms with Gasteiger partial charge in [-0.15, -0.1) is 0 Å². The number of rotatable bonds is 2. The molecule has 0 unspecified atom stereocenters. The first-order chi connectivity index (χ1) is 6.19. The second-order valence-electron chi connectivity index (χ2n) is 2.20. The molecule has 5 heteroatoms. The third kappa shape index (κ3) is 1.90. The smallest absolute Gasteiger partial charge is 0.281 e. The lowest BCUT2D eigenvalue weighted by Crippen LogP contribution is -1.97. The number of ether oxygens (including phenoxy) is 1. The molecule has 1 heterocycles. The maximum Gasteiger partial charge on any atom is 0.281 e. The predicted octanol–water partition coefficient (Wildman–Crippen LogP) is 1.90. The van der Waals surface area contributed by atoms with Gasteiger partial charge in [0.25, 0.3) is 6.43 Å². The molecule has 1 aromatic heterocycles. The van der Waals surface area contributed by atoms with Crippen LogP contribution in [0.1, 0.15) is 17.7 Å². The number of hydrogen-bond donors (Lipinski definition) is 0. The zero-order valence-corrected chi connectivity index (χ0v) is 6.79. The summed E-state index contributed by atoms with van der Waals surface area (Å²) in [6.45, 7) is 0. The summed E-state index contributed by atoms with van der Waals surface area (Å²) < 4.78 is 29.2. The van der Waals surface area contributed by atoms with Gasteiger partial charge in [-0.2, -0.15) is 5.26 Å². The van der Waals surface area contributed by atoms with Crippen LogP contribution in [-0.4, -0.2) is 12.1 Å². The molecule has 0 N–H and O–H groups in total. The van der Waals surface area contributed by atoms with E-state index in [1.54, 1.807) is 6.07 Å². The Balaban J connectivity index is 3.20. The van der Waals surface area contributed by atoms with Gasteiger partial charge in [0.15, 0.2) is 0 Å². The minimum absolute atomic E-state index is 0.0781. The Morgan fingerprint density at radius 3 is 2.69 bits per heavy atom. The van der Waals surface area contributed by atoms with Crippen LogP contribution >= 0.6 is 0 Å². The van der Waals surface area contributed by atoms with E-state index < -0.39 is 12.1 Å². The highest BCUT2D eigenvalue weighted by molar-refractivity contribution is 5.36. The van der Waals surface area contributed by atoms with E-state index in [0.29, 0.717) is 0 Å². The number of aromatic nitrogens is 1. The number of pyridine rings is 1. The first kappa shape index (κ1) is 9.39. The lowest BCUT2D eigenvalue weighted by Gasteiger charge is -2.03. The Bertz CT molecular complexity index is 346. The van der Waals surface area contributed by atoms with Gasteiger partial charge in [0.1, 0.15) is 11.8 Å². The van der Waals surface area contributed by atoms with E-state index in [1.165, 1.54) is 19.2 Å². The zero-order chi connectivity index (χ0) is 9.84. The molecule has 0 atom stereocenters. The molecule has 0 spiro atoms. The Labute approximate surface area is 73.6 Å². The summed E-state index contributed by atoms with van der Waals surface area (Å²) in [7, 11) is 1.32. The van der Waals surface area contributed by atoms with Gasteiger partial charge in [0.2, 0.25) is 5.88 Å². The molecule has 0 aliphatic heterocycles. The maximum absolute atomic E-state index is 12.3. The predicted molar refractivity (Wildman–Crippen MR) is 40.5 cm³/mol. The highest BCUT2D eigenvalue weighted by Gasteiger charge is 2.15. The van der Waals surface area contributed by atoms with Crippen molar-refractivity contribution >= 4 is 0 Å². The quantitative estimate of drug-likeness (QED) is 0.705. The van der Waals surface area contributed by atoms with Gasteiger partial charge >= 0.3 is 0 Å². The van der Waals surface area contributed by atoms with Crippen molar-refractivity contribution in [2.75, 3.05) is 7.11 Å². The number of hydrogen-bond acceptors (Lipinski definition) is 3. The van der Waals surface area contributed by atoms with Crippen molar-refractivity contribution in [3.63, 3.8) is 0 Å². The fourth-order valence-corrected chi connectivity index (χ4v) is 0.831. The van der Waals surface area contributed by atoms with Gasteiger partial charge < -0.3 is 4.74 Å². The van der Waals surface area contributed by atoms with Crippen molar-refractivity contribution in [3.8, 4) is 11.9 Å². The van der Waals surface area contributed by atoms with Crippen molar-refractivity contribution in [1.82, 2.24) is 4.98 Å². The van der Waals surface area contributed by atoms with Crippen molar-refractivity contribution in [1.29, 1.82) is 5.26 Å². The fraction of sp³-hybridized carbons (Fsp3) is 0.250. The summed E-state index contributed by atoms with van der Waals surface area (Å²) >= 11 is 0. The molecule has 0 radical (unpaired) electrons. The summed E-state index contributed by atoms with van der Waals surface area (Å²) in [5, 5.41) is 8.47. The van der Waals surface area contributed by atoms with Crippen LogP contribution < -0.4 is 4.74 Å². The van der Waals surface area contributed by atoms with Gasteiger partial charge in [-0.05, 0) is 6.07 Å². The van der Waals surface area contributed by atoms with Crippen LogP contribution in [0.4, 0.5) is 8.78 Å². The summed E-state index contributed by atoms with van der Waals surface area (Å²) in [5.74, 6) is 0.0781. The molecule has 0 aromatic carbocycles. The van der Waals surface area contributed by atoms with Crippen molar-refractivity contribution in [3.05, 3.63) is 23.4 Å². The highest BCUT2D eigenvalue weighted by atomic mass is 19.3. The third-order valence-electron chi connectivity index (χ3n) is 1.44. The highest BCUT2D eigenvalue weighted by Crippen LogP contribution is 2.22. The normalized spacial score (nSPS) is 9.77. The molecule has 0 aliphatic rings. The summed E-state index contributed by atoms with van der Waals surface area (Å²) in [6, 6.07) is 4.25. The van der Waals surface area contributed by atoms with E-state index in [0.717, 1.165) is 0 Å². The Hall–Kier alpha value is -1.70. The molecule has 0 bridgehead atoms. The van der Waals surface area contributed by atoms with Gasteiger partial charge in [-0.25, -0.2) is 13.8 Å². The first-order valence-corrected chi connectivity index (χ1v) is 3.42. The number of nitrogens with zero attached hydrogens (tertiary/aromatic N) is 2. The van der Waals surface area contributed by atoms with Crippen LogP contribution in [0, 0.1) is 11.3 Å². The number of nitriles is 1. The fourth-order valence-electron chi connectivity index (χ4n) is 0.831. The molecule has 0 aliphatic carbocycles. The largest absolute Gasteiger partial charge is 0.481 e. The van der Waals surface area contributed by atoms with Crippen molar-refractivity contribution in [2.24, 2.45) is 0 Å². The number of methoxy groups -OCH3 is 1. The minimum Gasteiger partial charge on any atom is -0.481 e. The zero-order valence-electron chi connectivity index (χ0n) is 6.79. The summed E-state index contributed by atoms with van der Waals surface area (Å²) in [6.07, 6.45) is -2.76. The standard InChI is InChI=1S/C8H6F2N2O/c1-13-6-3-2-5(4-11)7(12-6)8(9)10/h2-3,8H,1H3. The number of halogens is 2.